The molecule has 1 N–H and O–H groups in total. The molecule has 0 saturated carbocycles. The van der Waals surface area contributed by atoms with Crippen molar-refractivity contribution < 1.29 is 14.2 Å². The van der Waals surface area contributed by atoms with Gasteiger partial charge in [-0.15, -0.1) is 0 Å². The Morgan fingerprint density at radius 1 is 1.04 bits per heavy atom. The van der Waals surface area contributed by atoms with Gasteiger partial charge in [0.25, 0.3) is 0 Å². The lowest BCUT2D eigenvalue weighted by Gasteiger charge is -2.40. The fourth-order valence-corrected chi connectivity index (χ4v) is 4.61. The van der Waals surface area contributed by atoms with E-state index in [1.54, 1.807) is 0 Å². The lowest BCUT2D eigenvalue weighted by molar-refractivity contribution is -0.0839. The molecule has 0 aromatic carbocycles. The minimum atomic E-state index is 0.156. The molecule has 4 atom stereocenters. The van der Waals surface area contributed by atoms with Crippen LogP contribution < -0.4 is 5.32 Å². The van der Waals surface area contributed by atoms with Crippen molar-refractivity contribution in [2.45, 2.75) is 71.7 Å². The van der Waals surface area contributed by atoms with Gasteiger partial charge < -0.3 is 24.4 Å². The summed E-state index contributed by atoms with van der Waals surface area (Å²) in [5.41, 5.74) is 0.156. The molecule has 0 spiro atoms. The third-order valence-corrected chi connectivity index (χ3v) is 5.88. The van der Waals surface area contributed by atoms with Crippen molar-refractivity contribution in [1.82, 2.24) is 10.2 Å². The molecule has 4 unspecified atom stereocenters. The molecular formula is C21H39N3O3. The Bertz CT molecular complexity index is 486. The second kappa shape index (κ2) is 9.57. The first-order chi connectivity index (χ1) is 13.0. The maximum absolute atomic E-state index is 6.14. The summed E-state index contributed by atoms with van der Waals surface area (Å²) in [7, 11) is 0. The number of rotatable bonds is 4. The van der Waals surface area contributed by atoms with E-state index >= 15 is 0 Å². The maximum atomic E-state index is 6.14. The van der Waals surface area contributed by atoms with Gasteiger partial charge in [0.05, 0.1) is 18.8 Å². The van der Waals surface area contributed by atoms with Crippen LogP contribution in [0.5, 0.6) is 0 Å². The van der Waals surface area contributed by atoms with Crippen molar-refractivity contribution >= 4 is 5.96 Å². The van der Waals surface area contributed by atoms with Crippen LogP contribution in [0.4, 0.5) is 0 Å². The summed E-state index contributed by atoms with van der Waals surface area (Å²) in [4.78, 5) is 7.40. The quantitative estimate of drug-likeness (QED) is 0.599. The summed E-state index contributed by atoms with van der Waals surface area (Å²) >= 11 is 0. The zero-order valence-corrected chi connectivity index (χ0v) is 17.7. The molecule has 3 rings (SSSR count). The third kappa shape index (κ3) is 5.58. The van der Waals surface area contributed by atoms with E-state index in [0.717, 1.165) is 71.2 Å². The van der Waals surface area contributed by atoms with Gasteiger partial charge in [-0.1, -0.05) is 20.8 Å². The SMILES string of the molecule is CCNC(=NCC1CCCOC1C(C)(C)C)N1CCOC(C2CCCO2)C1. The van der Waals surface area contributed by atoms with Gasteiger partial charge in [0.1, 0.15) is 6.10 Å². The molecule has 0 amide bonds. The summed E-state index contributed by atoms with van der Waals surface area (Å²) in [5.74, 6) is 1.50. The number of aliphatic imine (C=N–C) groups is 1. The van der Waals surface area contributed by atoms with Crippen molar-refractivity contribution in [3.05, 3.63) is 0 Å². The first kappa shape index (κ1) is 20.9. The summed E-state index contributed by atoms with van der Waals surface area (Å²) in [6.45, 7) is 14.9. The topological polar surface area (TPSA) is 55.3 Å². The number of guanidine groups is 1. The molecule has 3 fully saturated rings. The van der Waals surface area contributed by atoms with Gasteiger partial charge in [-0.2, -0.15) is 0 Å². The van der Waals surface area contributed by atoms with E-state index in [9.17, 15) is 0 Å². The number of hydrogen-bond donors (Lipinski definition) is 1. The smallest absolute Gasteiger partial charge is 0.194 e. The predicted octanol–water partition coefficient (Wildman–Crippen LogP) is 2.67. The second-order valence-corrected chi connectivity index (χ2v) is 9.16. The highest BCUT2D eigenvalue weighted by Crippen LogP contribution is 2.34. The molecule has 0 radical (unpaired) electrons. The van der Waals surface area contributed by atoms with E-state index in [2.05, 4.69) is 37.9 Å². The van der Waals surface area contributed by atoms with Crippen LogP contribution in [0.2, 0.25) is 0 Å². The van der Waals surface area contributed by atoms with Crippen molar-refractivity contribution in [1.29, 1.82) is 0 Å². The van der Waals surface area contributed by atoms with Gasteiger partial charge in [-0.3, -0.25) is 4.99 Å². The maximum Gasteiger partial charge on any atom is 0.194 e. The first-order valence-electron chi connectivity index (χ1n) is 10.9. The minimum absolute atomic E-state index is 0.156. The Morgan fingerprint density at radius 2 is 1.78 bits per heavy atom. The number of nitrogens with one attached hydrogen (secondary N) is 1. The Kier molecular flexibility index (Phi) is 7.40. The molecule has 0 aromatic heterocycles. The predicted molar refractivity (Wildman–Crippen MR) is 108 cm³/mol. The average Bonchev–Trinajstić information content (AvgIpc) is 3.19. The highest BCUT2D eigenvalue weighted by molar-refractivity contribution is 5.80. The normalized spacial score (nSPS) is 33.3. The number of hydrogen-bond acceptors (Lipinski definition) is 4. The lowest BCUT2D eigenvalue weighted by Crippen LogP contribution is -2.53. The number of morpholine rings is 1. The average molecular weight is 382 g/mol. The molecule has 0 aliphatic carbocycles. The van der Waals surface area contributed by atoms with Gasteiger partial charge >= 0.3 is 0 Å². The zero-order valence-electron chi connectivity index (χ0n) is 17.7. The molecule has 3 heterocycles. The molecule has 6 nitrogen and oxygen atoms in total. The van der Waals surface area contributed by atoms with Gasteiger partial charge in [-0.05, 0) is 38.0 Å². The molecule has 0 aromatic rings. The first-order valence-corrected chi connectivity index (χ1v) is 10.9. The van der Waals surface area contributed by atoms with Crippen LogP contribution in [0, 0.1) is 11.3 Å². The van der Waals surface area contributed by atoms with Gasteiger partial charge in [0.15, 0.2) is 5.96 Å². The van der Waals surface area contributed by atoms with Crippen LogP contribution in [0.15, 0.2) is 4.99 Å². The largest absolute Gasteiger partial charge is 0.377 e. The monoisotopic (exact) mass is 381 g/mol. The van der Waals surface area contributed by atoms with Crippen molar-refractivity contribution in [2.24, 2.45) is 16.3 Å². The molecule has 27 heavy (non-hydrogen) atoms. The standard InChI is InChI=1S/C21H39N3O3/c1-5-22-20(23-14-16-8-6-12-27-19(16)21(2,3)4)24-10-13-26-18(15-24)17-9-7-11-25-17/h16-19H,5-15H2,1-4H3,(H,22,23). The van der Waals surface area contributed by atoms with Gasteiger partial charge in [0, 0.05) is 45.3 Å². The van der Waals surface area contributed by atoms with E-state index in [4.69, 9.17) is 19.2 Å². The van der Waals surface area contributed by atoms with E-state index in [1.807, 2.05) is 0 Å². The van der Waals surface area contributed by atoms with E-state index < -0.39 is 0 Å². The fourth-order valence-electron chi connectivity index (χ4n) is 4.61. The van der Waals surface area contributed by atoms with Gasteiger partial charge in [-0.25, -0.2) is 0 Å². The van der Waals surface area contributed by atoms with Crippen LogP contribution in [-0.4, -0.2) is 75.2 Å². The molecule has 6 heteroatoms. The van der Waals surface area contributed by atoms with Crippen LogP contribution in [0.25, 0.3) is 0 Å². The van der Waals surface area contributed by atoms with E-state index in [-0.39, 0.29) is 23.7 Å². The number of nitrogens with zero attached hydrogens (tertiary/aromatic N) is 2. The molecule has 156 valence electrons. The Labute approximate surface area is 165 Å². The fraction of sp³-hybridized carbons (Fsp3) is 0.952. The van der Waals surface area contributed by atoms with E-state index in [1.165, 1.54) is 6.42 Å². The molecule has 3 aliphatic heterocycles. The van der Waals surface area contributed by atoms with Crippen molar-refractivity contribution in [3.8, 4) is 0 Å². The summed E-state index contributed by atoms with van der Waals surface area (Å²) in [5, 5.41) is 3.50. The highest BCUT2D eigenvalue weighted by atomic mass is 16.5. The van der Waals surface area contributed by atoms with Crippen molar-refractivity contribution in [3.63, 3.8) is 0 Å². The second-order valence-electron chi connectivity index (χ2n) is 9.16. The Morgan fingerprint density at radius 3 is 2.48 bits per heavy atom. The molecule has 3 saturated heterocycles. The van der Waals surface area contributed by atoms with Crippen LogP contribution in [0.1, 0.15) is 53.4 Å². The molecular weight excluding hydrogens is 342 g/mol. The summed E-state index contributed by atoms with van der Waals surface area (Å²) in [6.07, 6.45) is 5.28. The van der Waals surface area contributed by atoms with Gasteiger partial charge in [0.2, 0.25) is 0 Å². The molecule has 3 aliphatic rings. The van der Waals surface area contributed by atoms with Crippen LogP contribution in [-0.2, 0) is 14.2 Å². The third-order valence-electron chi connectivity index (χ3n) is 5.88. The minimum Gasteiger partial charge on any atom is -0.377 e. The Hall–Kier alpha value is -0.850. The summed E-state index contributed by atoms with van der Waals surface area (Å²) < 4.78 is 18.0. The van der Waals surface area contributed by atoms with Crippen LogP contribution >= 0.6 is 0 Å². The summed E-state index contributed by atoms with van der Waals surface area (Å²) in [6, 6.07) is 0. The Balaban J connectivity index is 1.64. The number of ether oxygens (including phenoxy) is 3. The van der Waals surface area contributed by atoms with Crippen molar-refractivity contribution in [2.75, 3.05) is 46.0 Å². The molecule has 0 bridgehead atoms. The van der Waals surface area contributed by atoms with Crippen LogP contribution in [0.3, 0.4) is 0 Å². The lowest BCUT2D eigenvalue weighted by atomic mass is 9.78. The van der Waals surface area contributed by atoms with E-state index in [0.29, 0.717) is 5.92 Å². The zero-order chi connectivity index (χ0) is 19.3. The highest BCUT2D eigenvalue weighted by Gasteiger charge is 2.36.